The molecule has 1 heterocycles. The summed E-state index contributed by atoms with van der Waals surface area (Å²) in [5, 5.41) is 0. The summed E-state index contributed by atoms with van der Waals surface area (Å²) in [7, 11) is -3.36. The molecule has 0 aliphatic carbocycles. The fourth-order valence-corrected chi connectivity index (χ4v) is 3.83. The van der Waals surface area contributed by atoms with Crippen LogP contribution < -0.4 is 10.5 Å². The highest BCUT2D eigenvalue weighted by atomic mass is 35.5. The molecule has 0 radical (unpaired) electrons. The van der Waals surface area contributed by atoms with E-state index >= 15 is 0 Å². The lowest BCUT2D eigenvalue weighted by Gasteiger charge is -2.34. The molecule has 0 saturated carbocycles. The molecule has 104 valence electrons. The van der Waals surface area contributed by atoms with Crippen molar-refractivity contribution in [1.82, 2.24) is 9.03 Å². The Kier molecular flexibility index (Phi) is 6.94. The highest BCUT2D eigenvalue weighted by Gasteiger charge is 2.30. The summed E-state index contributed by atoms with van der Waals surface area (Å²) in [6.07, 6.45) is 1.10. The van der Waals surface area contributed by atoms with E-state index in [0.29, 0.717) is 31.5 Å². The number of rotatable bonds is 4. The van der Waals surface area contributed by atoms with Crippen molar-refractivity contribution in [3.8, 4) is 0 Å². The number of nitrogens with two attached hydrogens (primary N) is 1. The predicted molar refractivity (Wildman–Crippen MR) is 72.3 cm³/mol. The van der Waals surface area contributed by atoms with E-state index in [2.05, 4.69) is 18.6 Å². The van der Waals surface area contributed by atoms with Crippen LogP contribution in [0.3, 0.4) is 0 Å². The van der Waals surface area contributed by atoms with Crippen LogP contribution in [0.2, 0.25) is 0 Å². The zero-order valence-electron chi connectivity index (χ0n) is 10.7. The van der Waals surface area contributed by atoms with Gasteiger partial charge in [0.25, 0.3) is 10.2 Å². The first-order valence-corrected chi connectivity index (χ1v) is 7.26. The van der Waals surface area contributed by atoms with Gasteiger partial charge >= 0.3 is 0 Å². The summed E-state index contributed by atoms with van der Waals surface area (Å²) in [4.78, 5) is 0. The molecule has 0 aromatic heterocycles. The van der Waals surface area contributed by atoms with E-state index in [1.54, 1.807) is 6.92 Å². The summed E-state index contributed by atoms with van der Waals surface area (Å²) >= 11 is 0. The molecule has 7 heteroatoms. The standard InChI is InChI=1S/C10H23N3O2S.ClH/c1-8-4-9(2)7-13(6-8)16(14,15)12-10(3)5-11;/h8-10,12H,4-7,11H2,1-3H3;1H/t8?,9?,10-;/m1./s1. The van der Waals surface area contributed by atoms with Gasteiger partial charge in [-0.2, -0.15) is 17.4 Å². The average molecular weight is 286 g/mol. The number of nitrogens with one attached hydrogen (secondary N) is 1. The maximum absolute atomic E-state index is 12.0. The van der Waals surface area contributed by atoms with E-state index in [1.807, 2.05) is 0 Å². The van der Waals surface area contributed by atoms with Gasteiger partial charge in [-0.05, 0) is 25.2 Å². The molecule has 1 saturated heterocycles. The first-order chi connectivity index (χ1) is 7.35. The van der Waals surface area contributed by atoms with Crippen molar-refractivity contribution in [3.63, 3.8) is 0 Å². The zero-order valence-corrected chi connectivity index (χ0v) is 12.4. The highest BCUT2D eigenvalue weighted by molar-refractivity contribution is 7.87. The lowest BCUT2D eigenvalue weighted by atomic mass is 9.94. The monoisotopic (exact) mass is 285 g/mol. The Morgan fingerprint density at radius 2 is 1.82 bits per heavy atom. The molecule has 17 heavy (non-hydrogen) atoms. The van der Waals surface area contributed by atoms with Crippen molar-refractivity contribution in [3.05, 3.63) is 0 Å². The minimum atomic E-state index is -3.36. The quantitative estimate of drug-likeness (QED) is 0.793. The van der Waals surface area contributed by atoms with Gasteiger partial charge in [-0.1, -0.05) is 13.8 Å². The van der Waals surface area contributed by atoms with Gasteiger partial charge in [0.2, 0.25) is 0 Å². The largest absolute Gasteiger partial charge is 0.329 e. The second-order valence-corrected chi connectivity index (χ2v) is 6.72. The molecular weight excluding hydrogens is 262 g/mol. The van der Waals surface area contributed by atoms with Gasteiger partial charge in [0.15, 0.2) is 0 Å². The summed E-state index contributed by atoms with van der Waals surface area (Å²) in [6, 6.07) is -0.211. The van der Waals surface area contributed by atoms with E-state index in [0.717, 1.165) is 6.42 Å². The predicted octanol–water partition coefficient (Wildman–Crippen LogP) is 0.568. The lowest BCUT2D eigenvalue weighted by Crippen LogP contribution is -2.51. The highest BCUT2D eigenvalue weighted by Crippen LogP contribution is 2.22. The maximum atomic E-state index is 12.0. The lowest BCUT2D eigenvalue weighted by molar-refractivity contribution is 0.220. The second kappa shape index (κ2) is 6.89. The SMILES string of the molecule is CC1CC(C)CN(S(=O)(=O)N[C@H](C)CN)C1.Cl. The van der Waals surface area contributed by atoms with Gasteiger partial charge in [0.1, 0.15) is 0 Å². The smallest absolute Gasteiger partial charge is 0.279 e. The molecule has 3 N–H and O–H groups in total. The van der Waals surface area contributed by atoms with Crippen molar-refractivity contribution >= 4 is 22.6 Å². The molecule has 5 nitrogen and oxygen atoms in total. The summed E-state index contributed by atoms with van der Waals surface area (Å²) in [6.45, 7) is 7.48. The first kappa shape index (κ1) is 17.1. The van der Waals surface area contributed by atoms with E-state index in [-0.39, 0.29) is 18.4 Å². The molecule has 2 unspecified atom stereocenters. The minimum absolute atomic E-state index is 0. The Balaban J connectivity index is 0.00000256. The third-order valence-electron chi connectivity index (χ3n) is 2.88. The number of hydrogen-bond acceptors (Lipinski definition) is 3. The molecule has 0 amide bonds. The minimum Gasteiger partial charge on any atom is -0.329 e. The first-order valence-electron chi connectivity index (χ1n) is 5.82. The molecule has 0 bridgehead atoms. The van der Waals surface area contributed by atoms with Gasteiger partial charge in [0.05, 0.1) is 0 Å². The van der Waals surface area contributed by atoms with Gasteiger partial charge < -0.3 is 5.73 Å². The number of nitrogens with zero attached hydrogens (tertiary/aromatic N) is 1. The molecule has 1 aliphatic rings. The van der Waals surface area contributed by atoms with E-state index < -0.39 is 10.2 Å². The summed E-state index contributed by atoms with van der Waals surface area (Å²) < 4.78 is 28.1. The number of halogens is 1. The molecular formula is C10H24ClN3O2S. The van der Waals surface area contributed by atoms with Crippen molar-refractivity contribution < 1.29 is 8.42 Å². The van der Waals surface area contributed by atoms with Gasteiger partial charge in [-0.3, -0.25) is 0 Å². The normalized spacial score (nSPS) is 28.5. The number of hydrogen-bond donors (Lipinski definition) is 2. The number of piperidine rings is 1. The third-order valence-corrected chi connectivity index (χ3v) is 4.56. The average Bonchev–Trinajstić information content (AvgIpc) is 2.15. The van der Waals surface area contributed by atoms with Crippen LogP contribution in [0.1, 0.15) is 27.2 Å². The van der Waals surface area contributed by atoms with Gasteiger partial charge in [-0.15, -0.1) is 12.4 Å². The second-order valence-electron chi connectivity index (χ2n) is 5.02. The summed E-state index contributed by atoms with van der Waals surface area (Å²) in [5.74, 6) is 0.849. The summed E-state index contributed by atoms with van der Waals surface area (Å²) in [5.41, 5.74) is 5.42. The van der Waals surface area contributed by atoms with Crippen LogP contribution in [0, 0.1) is 11.8 Å². The van der Waals surface area contributed by atoms with Crippen LogP contribution in [-0.4, -0.2) is 38.4 Å². The van der Waals surface area contributed by atoms with E-state index in [1.165, 1.54) is 4.31 Å². The topological polar surface area (TPSA) is 75.4 Å². The van der Waals surface area contributed by atoms with Gasteiger partial charge in [-0.25, -0.2) is 0 Å². The van der Waals surface area contributed by atoms with Crippen LogP contribution >= 0.6 is 12.4 Å². The third kappa shape index (κ3) is 5.09. The maximum Gasteiger partial charge on any atom is 0.279 e. The molecule has 3 atom stereocenters. The van der Waals surface area contributed by atoms with Crippen LogP contribution in [0.5, 0.6) is 0 Å². The van der Waals surface area contributed by atoms with E-state index in [9.17, 15) is 8.42 Å². The molecule has 0 aromatic rings. The van der Waals surface area contributed by atoms with Crippen molar-refractivity contribution in [2.75, 3.05) is 19.6 Å². The fraction of sp³-hybridized carbons (Fsp3) is 1.00. The van der Waals surface area contributed by atoms with Gasteiger partial charge in [0, 0.05) is 25.7 Å². The van der Waals surface area contributed by atoms with Crippen LogP contribution in [0.15, 0.2) is 0 Å². The Bertz CT molecular complexity index is 314. The Labute approximate surface area is 111 Å². The zero-order chi connectivity index (χ0) is 12.3. The van der Waals surface area contributed by atoms with Crippen molar-refractivity contribution in [2.24, 2.45) is 17.6 Å². The van der Waals surface area contributed by atoms with E-state index in [4.69, 9.17) is 5.73 Å². The van der Waals surface area contributed by atoms with Crippen LogP contribution in [0.25, 0.3) is 0 Å². The van der Waals surface area contributed by atoms with Crippen molar-refractivity contribution in [2.45, 2.75) is 33.2 Å². The molecule has 0 aromatic carbocycles. The fourth-order valence-electron chi connectivity index (χ4n) is 2.18. The molecule has 1 fully saturated rings. The van der Waals surface area contributed by atoms with Crippen molar-refractivity contribution in [1.29, 1.82) is 0 Å². The Hall–Kier alpha value is 0.120. The van der Waals surface area contributed by atoms with Crippen LogP contribution in [-0.2, 0) is 10.2 Å². The Morgan fingerprint density at radius 1 is 1.35 bits per heavy atom. The van der Waals surface area contributed by atoms with Crippen LogP contribution in [0.4, 0.5) is 0 Å². The molecule has 1 rings (SSSR count). The molecule has 0 spiro atoms. The Morgan fingerprint density at radius 3 is 2.24 bits per heavy atom. The molecule has 1 aliphatic heterocycles.